The number of hydrogen-bond donors (Lipinski definition) is 2. The predicted molar refractivity (Wildman–Crippen MR) is 74.6 cm³/mol. The maximum atomic E-state index is 8.87. The van der Waals surface area contributed by atoms with Crippen LogP contribution in [-0.4, -0.2) is 92.9 Å². The van der Waals surface area contributed by atoms with Gasteiger partial charge in [-0.3, -0.25) is 0 Å². The summed E-state index contributed by atoms with van der Waals surface area (Å²) in [5, 5.41) is 34.4. The molecule has 124 valence electrons. The van der Waals surface area contributed by atoms with Crippen LogP contribution in [0.15, 0.2) is 0 Å². The highest BCUT2D eigenvalue weighted by molar-refractivity contribution is 5.47. The van der Waals surface area contributed by atoms with Crippen molar-refractivity contribution >= 4 is 6.16 Å². The molecular formula is C13H32N2O5. The lowest BCUT2D eigenvalue weighted by molar-refractivity contribution is -0.873. The van der Waals surface area contributed by atoms with E-state index in [1.54, 1.807) is 0 Å². The number of nitrogens with zero attached hydrogens (tertiary/aromatic N) is 2. The molecular weight excluding hydrogens is 264 g/mol. The fraction of sp³-hybridized carbons (Fsp3) is 0.923. The topological polar surface area (TPSA) is 104 Å². The fourth-order valence-electron chi connectivity index (χ4n) is 1.59. The molecule has 0 saturated heterocycles. The van der Waals surface area contributed by atoms with Crippen LogP contribution in [0.3, 0.4) is 0 Å². The Labute approximate surface area is 122 Å². The molecule has 0 fully saturated rings. The Morgan fingerprint density at radius 2 is 1.00 bits per heavy atom. The van der Waals surface area contributed by atoms with Crippen molar-refractivity contribution in [3.8, 4) is 0 Å². The van der Waals surface area contributed by atoms with Crippen LogP contribution in [0.1, 0.15) is 13.8 Å². The van der Waals surface area contributed by atoms with Gasteiger partial charge in [-0.05, 0) is 20.0 Å². The normalized spacial score (nSPS) is 14.1. The molecule has 7 heteroatoms. The highest BCUT2D eigenvalue weighted by Gasteiger charge is 2.10. The molecule has 0 radical (unpaired) electrons. The Kier molecular flexibility index (Phi) is 13.1. The van der Waals surface area contributed by atoms with E-state index in [2.05, 4.69) is 42.3 Å². The first-order valence-corrected chi connectivity index (χ1v) is 6.42. The monoisotopic (exact) mass is 296 g/mol. The summed E-state index contributed by atoms with van der Waals surface area (Å²) < 4.78 is 1.66. The molecule has 2 N–H and O–H groups in total. The van der Waals surface area contributed by atoms with Crippen molar-refractivity contribution in [3.05, 3.63) is 0 Å². The molecule has 2 unspecified atom stereocenters. The van der Waals surface area contributed by atoms with Crippen molar-refractivity contribution in [2.45, 2.75) is 26.1 Å². The lowest BCUT2D eigenvalue weighted by Crippen LogP contribution is -2.40. The minimum atomic E-state index is -2.33. The van der Waals surface area contributed by atoms with Gasteiger partial charge in [-0.15, -0.1) is 0 Å². The first-order valence-electron chi connectivity index (χ1n) is 6.42. The quantitative estimate of drug-likeness (QED) is 0.568. The van der Waals surface area contributed by atoms with E-state index in [0.717, 1.165) is 22.1 Å². The molecule has 0 spiro atoms. The van der Waals surface area contributed by atoms with Crippen molar-refractivity contribution in [1.29, 1.82) is 0 Å². The zero-order valence-corrected chi connectivity index (χ0v) is 14.1. The molecule has 0 aromatic carbocycles. The molecule has 0 rings (SSSR count). The summed E-state index contributed by atoms with van der Waals surface area (Å²) in [5.74, 6) is 0. The Morgan fingerprint density at radius 3 is 1.00 bits per heavy atom. The number of aliphatic hydroxyl groups is 2. The molecule has 0 aliphatic carbocycles. The van der Waals surface area contributed by atoms with Crippen LogP contribution in [0.2, 0.25) is 0 Å². The summed E-state index contributed by atoms with van der Waals surface area (Å²) in [5.41, 5.74) is 0. The summed E-state index contributed by atoms with van der Waals surface area (Å²) in [6.45, 7) is 5.26. The minimum Gasteiger partial charge on any atom is -0.652 e. The average Bonchev–Trinajstić information content (AvgIpc) is 1.90. The predicted octanol–water partition coefficient (Wildman–Crippen LogP) is -2.30. The second-order valence-corrected chi connectivity index (χ2v) is 6.89. The van der Waals surface area contributed by atoms with E-state index in [-0.39, 0.29) is 12.2 Å². The van der Waals surface area contributed by atoms with Crippen molar-refractivity contribution in [1.82, 2.24) is 0 Å². The van der Waals surface area contributed by atoms with Gasteiger partial charge in [0.25, 0.3) is 0 Å². The van der Waals surface area contributed by atoms with Gasteiger partial charge < -0.3 is 34.2 Å². The minimum absolute atomic E-state index is 0.185. The molecule has 0 saturated carbocycles. The summed E-state index contributed by atoms with van der Waals surface area (Å²) in [6, 6.07) is 0. The second kappa shape index (κ2) is 10.8. The van der Waals surface area contributed by atoms with Gasteiger partial charge in [-0.1, -0.05) is 0 Å². The molecule has 20 heavy (non-hydrogen) atoms. The third kappa shape index (κ3) is 53.5. The van der Waals surface area contributed by atoms with Gasteiger partial charge in [0, 0.05) is 0 Å². The number of aliphatic hydroxyl groups excluding tert-OH is 2. The van der Waals surface area contributed by atoms with Crippen molar-refractivity contribution in [2.24, 2.45) is 0 Å². The number of carboxylic acid groups (broad SMARTS) is 2. The summed E-state index contributed by atoms with van der Waals surface area (Å²) in [7, 11) is 12.4. The first kappa shape index (κ1) is 24.1. The number of rotatable bonds is 4. The smallest absolute Gasteiger partial charge is 0.104 e. The van der Waals surface area contributed by atoms with Gasteiger partial charge in [0.1, 0.15) is 25.3 Å². The lowest BCUT2D eigenvalue weighted by Gasteiger charge is -2.24. The van der Waals surface area contributed by atoms with E-state index in [1.165, 1.54) is 0 Å². The van der Waals surface area contributed by atoms with Crippen molar-refractivity contribution < 1.29 is 34.2 Å². The molecule has 0 aliphatic heterocycles. The van der Waals surface area contributed by atoms with E-state index in [4.69, 9.17) is 25.2 Å². The van der Waals surface area contributed by atoms with Gasteiger partial charge in [0.05, 0.1) is 42.3 Å². The van der Waals surface area contributed by atoms with Gasteiger partial charge in [-0.25, -0.2) is 0 Å². The molecule has 7 nitrogen and oxygen atoms in total. The van der Waals surface area contributed by atoms with Crippen molar-refractivity contribution in [3.63, 3.8) is 0 Å². The van der Waals surface area contributed by atoms with Gasteiger partial charge >= 0.3 is 0 Å². The molecule has 2 atom stereocenters. The van der Waals surface area contributed by atoms with Crippen LogP contribution in [0.5, 0.6) is 0 Å². The Balaban J connectivity index is -0.000000230. The Bertz CT molecular complexity index is 218. The highest BCUT2D eigenvalue weighted by Crippen LogP contribution is 1.92. The molecule has 0 aromatic heterocycles. The van der Waals surface area contributed by atoms with E-state index in [9.17, 15) is 0 Å². The van der Waals surface area contributed by atoms with Crippen LogP contribution in [0.25, 0.3) is 0 Å². The fourth-order valence-corrected chi connectivity index (χ4v) is 1.59. The van der Waals surface area contributed by atoms with Crippen LogP contribution >= 0.6 is 0 Å². The lowest BCUT2D eigenvalue weighted by atomic mass is 10.3. The Morgan fingerprint density at radius 1 is 0.850 bits per heavy atom. The summed E-state index contributed by atoms with van der Waals surface area (Å²) in [6.07, 6.45) is -2.70. The Hall–Kier alpha value is -0.890. The van der Waals surface area contributed by atoms with E-state index < -0.39 is 6.16 Å². The average molecular weight is 296 g/mol. The standard InChI is InChI=1S/2C6H16NO.CH2O3/c2*1-6(8)5-7(2,3)4;2-1(3)4/h2*6,8H,5H2,1-4H3;(H2,2,3,4)/q2*+1;/p-2. The number of likely N-dealkylation sites (N-methyl/N-ethyl adjacent to an activating group) is 2. The number of carbonyl (C=O) groups excluding carboxylic acids is 1. The van der Waals surface area contributed by atoms with Crippen LogP contribution in [0.4, 0.5) is 4.79 Å². The maximum Gasteiger partial charge on any atom is 0.104 e. The van der Waals surface area contributed by atoms with Crippen LogP contribution in [-0.2, 0) is 0 Å². The molecule has 0 aromatic rings. The highest BCUT2D eigenvalue weighted by atomic mass is 16.6. The third-order valence-electron chi connectivity index (χ3n) is 1.62. The molecule has 0 heterocycles. The largest absolute Gasteiger partial charge is 0.652 e. The SMILES string of the molecule is CC(O)C[N+](C)(C)C.CC(O)C[N+](C)(C)C.O=C([O-])[O-]. The number of hydrogen-bond acceptors (Lipinski definition) is 5. The van der Waals surface area contributed by atoms with E-state index in [0.29, 0.717) is 0 Å². The van der Waals surface area contributed by atoms with Crippen molar-refractivity contribution in [2.75, 3.05) is 55.4 Å². The molecule has 0 amide bonds. The molecule has 0 bridgehead atoms. The third-order valence-corrected chi connectivity index (χ3v) is 1.62. The molecule has 0 aliphatic rings. The number of quaternary nitrogens is 2. The summed E-state index contributed by atoms with van der Waals surface area (Å²) >= 11 is 0. The van der Waals surface area contributed by atoms with Gasteiger partial charge in [0.2, 0.25) is 0 Å². The van der Waals surface area contributed by atoms with Gasteiger partial charge in [-0.2, -0.15) is 0 Å². The van der Waals surface area contributed by atoms with E-state index >= 15 is 0 Å². The van der Waals surface area contributed by atoms with Crippen LogP contribution < -0.4 is 10.2 Å². The zero-order chi connectivity index (χ0) is 17.1. The van der Waals surface area contributed by atoms with Gasteiger partial charge in [0.15, 0.2) is 0 Å². The first-order chi connectivity index (χ1) is 8.57. The van der Waals surface area contributed by atoms with E-state index in [1.807, 2.05) is 13.8 Å². The number of carbonyl (C=O) groups is 1. The second-order valence-electron chi connectivity index (χ2n) is 6.89. The zero-order valence-electron chi connectivity index (χ0n) is 14.1. The maximum absolute atomic E-state index is 8.87. The summed E-state index contributed by atoms with van der Waals surface area (Å²) in [4.78, 5) is 8.33. The van der Waals surface area contributed by atoms with Crippen LogP contribution in [0, 0.1) is 0 Å².